The van der Waals surface area contributed by atoms with E-state index in [2.05, 4.69) is 35.1 Å². The van der Waals surface area contributed by atoms with Crippen LogP contribution in [0.15, 0.2) is 24.5 Å². The Morgan fingerprint density at radius 1 is 1.27 bits per heavy atom. The van der Waals surface area contributed by atoms with Gasteiger partial charge in [0.05, 0.1) is 29.0 Å². The summed E-state index contributed by atoms with van der Waals surface area (Å²) in [4.78, 5) is 22.3. The SMILES string of the molecule is CNc1cc(F)cc2c1[nH]c1nc(Oc3cnc(N)nc3)nc(N3CC[C@H](N)C3)c12. The minimum Gasteiger partial charge on any atom is -0.421 e. The number of hydrogen-bond acceptors (Lipinski definition) is 9. The van der Waals surface area contributed by atoms with Crippen LogP contribution in [0.1, 0.15) is 6.42 Å². The minimum absolute atomic E-state index is 0.0414. The largest absolute Gasteiger partial charge is 0.421 e. The topological polar surface area (TPSA) is 144 Å². The van der Waals surface area contributed by atoms with Gasteiger partial charge in [0, 0.05) is 31.6 Å². The predicted octanol–water partition coefficient (Wildman–Crippen LogP) is 1.99. The van der Waals surface area contributed by atoms with E-state index in [4.69, 9.17) is 16.2 Å². The molecule has 0 aliphatic carbocycles. The van der Waals surface area contributed by atoms with Crippen molar-refractivity contribution in [2.45, 2.75) is 12.5 Å². The summed E-state index contributed by atoms with van der Waals surface area (Å²) in [7, 11) is 1.74. The van der Waals surface area contributed by atoms with Gasteiger partial charge in [0.15, 0.2) is 5.75 Å². The predicted molar refractivity (Wildman–Crippen MR) is 112 cm³/mol. The molecule has 0 amide bonds. The Labute approximate surface area is 170 Å². The van der Waals surface area contributed by atoms with Crippen LogP contribution in [0.5, 0.6) is 11.8 Å². The van der Waals surface area contributed by atoms with Crippen molar-refractivity contribution < 1.29 is 9.13 Å². The fraction of sp³-hybridized carbons (Fsp3) is 0.263. The number of benzene rings is 1. The van der Waals surface area contributed by atoms with Crippen LogP contribution in [0.2, 0.25) is 0 Å². The Morgan fingerprint density at radius 2 is 2.07 bits per heavy atom. The Bertz CT molecular complexity index is 1240. The van der Waals surface area contributed by atoms with E-state index in [1.807, 2.05) is 0 Å². The Morgan fingerprint density at radius 3 is 2.77 bits per heavy atom. The lowest BCUT2D eigenvalue weighted by Gasteiger charge is -2.18. The summed E-state index contributed by atoms with van der Waals surface area (Å²) in [6.07, 6.45) is 3.73. The second-order valence-corrected chi connectivity index (χ2v) is 7.18. The van der Waals surface area contributed by atoms with Gasteiger partial charge in [-0.15, -0.1) is 0 Å². The Kier molecular flexibility index (Phi) is 4.24. The van der Waals surface area contributed by atoms with Crippen LogP contribution in [0.4, 0.5) is 21.8 Å². The molecule has 30 heavy (non-hydrogen) atoms. The van der Waals surface area contributed by atoms with Crippen LogP contribution in [0.3, 0.4) is 0 Å². The highest BCUT2D eigenvalue weighted by atomic mass is 19.1. The monoisotopic (exact) mass is 409 g/mol. The molecule has 0 spiro atoms. The molecule has 154 valence electrons. The number of fused-ring (bicyclic) bond motifs is 3. The van der Waals surface area contributed by atoms with Gasteiger partial charge in [0.25, 0.3) is 0 Å². The number of hydrogen-bond donors (Lipinski definition) is 4. The molecular formula is C19H20FN9O. The first-order valence-corrected chi connectivity index (χ1v) is 9.48. The normalized spacial score (nSPS) is 16.5. The van der Waals surface area contributed by atoms with Crippen molar-refractivity contribution in [3.05, 3.63) is 30.3 Å². The quantitative estimate of drug-likeness (QED) is 0.398. The zero-order valence-corrected chi connectivity index (χ0v) is 16.2. The van der Waals surface area contributed by atoms with Gasteiger partial charge in [-0.25, -0.2) is 14.4 Å². The number of nitrogens with zero attached hydrogens (tertiary/aromatic N) is 5. The number of ether oxygens (including phenoxy) is 1. The third-order valence-electron chi connectivity index (χ3n) is 5.14. The van der Waals surface area contributed by atoms with Gasteiger partial charge in [0.2, 0.25) is 5.95 Å². The maximum absolute atomic E-state index is 14.3. The molecule has 1 saturated heterocycles. The standard InChI is InChI=1S/C19H20FN9O/c1-23-13-5-9(20)4-12-14-16(26-15(12)13)27-19(30-11-6-24-18(22)25-7-11)28-17(14)29-3-2-10(21)8-29/h4-7,10,23H,2-3,8,21H2,1H3,(H2,22,24,25)(H,26,27,28)/t10-/m0/s1. The molecule has 10 nitrogen and oxygen atoms in total. The molecule has 1 aliphatic rings. The lowest BCUT2D eigenvalue weighted by Crippen LogP contribution is -2.27. The fourth-order valence-electron chi connectivity index (χ4n) is 3.76. The van der Waals surface area contributed by atoms with Gasteiger partial charge >= 0.3 is 6.01 Å². The number of nitrogens with two attached hydrogens (primary N) is 2. The number of nitrogens with one attached hydrogen (secondary N) is 2. The highest BCUT2D eigenvalue weighted by molar-refractivity contribution is 6.14. The van der Waals surface area contributed by atoms with Crippen LogP contribution in [-0.4, -0.2) is 51.1 Å². The zero-order valence-electron chi connectivity index (χ0n) is 16.2. The third kappa shape index (κ3) is 3.08. The van der Waals surface area contributed by atoms with Crippen molar-refractivity contribution in [3.63, 3.8) is 0 Å². The average Bonchev–Trinajstić information content (AvgIpc) is 3.32. The van der Waals surface area contributed by atoms with E-state index in [0.29, 0.717) is 34.8 Å². The van der Waals surface area contributed by atoms with Gasteiger partial charge in [-0.1, -0.05) is 0 Å². The molecule has 4 heterocycles. The van der Waals surface area contributed by atoms with Crippen LogP contribution < -0.4 is 26.4 Å². The fourth-order valence-corrected chi connectivity index (χ4v) is 3.76. The summed E-state index contributed by atoms with van der Waals surface area (Å²) in [5.41, 5.74) is 13.5. The van der Waals surface area contributed by atoms with E-state index in [1.165, 1.54) is 24.5 Å². The molecule has 4 aromatic rings. The highest BCUT2D eigenvalue weighted by Gasteiger charge is 2.26. The summed E-state index contributed by atoms with van der Waals surface area (Å²) < 4.78 is 20.1. The lowest BCUT2D eigenvalue weighted by atomic mass is 10.1. The Balaban J connectivity index is 1.71. The van der Waals surface area contributed by atoms with Crippen LogP contribution >= 0.6 is 0 Å². The summed E-state index contributed by atoms with van der Waals surface area (Å²) >= 11 is 0. The summed E-state index contributed by atoms with van der Waals surface area (Å²) in [6, 6.07) is 3.07. The van der Waals surface area contributed by atoms with Crippen LogP contribution in [0.25, 0.3) is 21.9 Å². The van der Waals surface area contributed by atoms with E-state index in [1.54, 1.807) is 7.05 Å². The first-order chi connectivity index (χ1) is 14.5. The number of nitrogen functional groups attached to an aromatic ring is 1. The zero-order chi connectivity index (χ0) is 20.8. The molecule has 0 saturated carbocycles. The first-order valence-electron chi connectivity index (χ1n) is 9.48. The van der Waals surface area contributed by atoms with Crippen molar-refractivity contribution in [2.75, 3.05) is 36.1 Å². The molecule has 1 fully saturated rings. The molecule has 0 unspecified atom stereocenters. The van der Waals surface area contributed by atoms with Crippen molar-refractivity contribution in [3.8, 4) is 11.8 Å². The van der Waals surface area contributed by atoms with E-state index < -0.39 is 0 Å². The van der Waals surface area contributed by atoms with Crippen molar-refractivity contribution in [2.24, 2.45) is 5.73 Å². The van der Waals surface area contributed by atoms with Crippen molar-refractivity contribution in [1.82, 2.24) is 24.9 Å². The first kappa shape index (κ1) is 18.3. The van der Waals surface area contributed by atoms with Gasteiger partial charge in [-0.3, -0.25) is 0 Å². The van der Waals surface area contributed by atoms with E-state index in [0.717, 1.165) is 23.9 Å². The maximum Gasteiger partial charge on any atom is 0.326 e. The van der Waals surface area contributed by atoms with E-state index in [9.17, 15) is 4.39 Å². The van der Waals surface area contributed by atoms with Gasteiger partial charge in [-0.05, 0) is 18.6 Å². The number of rotatable bonds is 4. The number of halogens is 1. The number of aromatic amines is 1. The smallest absolute Gasteiger partial charge is 0.326 e. The highest BCUT2D eigenvalue weighted by Crippen LogP contribution is 2.37. The van der Waals surface area contributed by atoms with Crippen LogP contribution in [-0.2, 0) is 0 Å². The molecule has 6 N–H and O–H groups in total. The number of H-pyrrole nitrogens is 1. The maximum atomic E-state index is 14.3. The van der Waals surface area contributed by atoms with E-state index in [-0.39, 0.29) is 23.8 Å². The molecule has 0 radical (unpaired) electrons. The molecule has 1 aromatic carbocycles. The molecule has 1 atom stereocenters. The number of anilines is 3. The Hall–Kier alpha value is -3.73. The van der Waals surface area contributed by atoms with Crippen molar-refractivity contribution in [1.29, 1.82) is 0 Å². The van der Waals surface area contributed by atoms with Gasteiger partial charge in [0.1, 0.15) is 17.3 Å². The molecule has 0 bridgehead atoms. The molecular weight excluding hydrogens is 389 g/mol. The third-order valence-corrected chi connectivity index (χ3v) is 5.14. The average molecular weight is 409 g/mol. The minimum atomic E-state index is -0.351. The summed E-state index contributed by atoms with van der Waals surface area (Å²) in [6.45, 7) is 1.37. The molecule has 5 rings (SSSR count). The summed E-state index contributed by atoms with van der Waals surface area (Å²) in [5, 5.41) is 4.42. The van der Waals surface area contributed by atoms with Crippen molar-refractivity contribution >= 4 is 39.4 Å². The van der Waals surface area contributed by atoms with Gasteiger partial charge < -0.3 is 31.4 Å². The van der Waals surface area contributed by atoms with Crippen LogP contribution in [0, 0.1) is 5.82 Å². The van der Waals surface area contributed by atoms with E-state index >= 15 is 0 Å². The molecule has 11 heteroatoms. The lowest BCUT2D eigenvalue weighted by molar-refractivity contribution is 0.440. The van der Waals surface area contributed by atoms with Gasteiger partial charge in [-0.2, -0.15) is 9.97 Å². The second-order valence-electron chi connectivity index (χ2n) is 7.18. The molecule has 3 aromatic heterocycles. The molecule has 1 aliphatic heterocycles. The second kappa shape index (κ2) is 6.95. The number of aromatic nitrogens is 5. The summed E-state index contributed by atoms with van der Waals surface area (Å²) in [5.74, 6) is 0.780.